The maximum atomic E-state index is 12.5. The van der Waals surface area contributed by atoms with Crippen molar-refractivity contribution in [2.24, 2.45) is 5.92 Å². The molecule has 6 heteroatoms. The number of hydrogen-bond acceptors (Lipinski definition) is 3. The van der Waals surface area contributed by atoms with Crippen LogP contribution in [0.4, 0.5) is 0 Å². The van der Waals surface area contributed by atoms with Crippen molar-refractivity contribution in [1.82, 2.24) is 9.21 Å². The van der Waals surface area contributed by atoms with Gasteiger partial charge in [-0.3, -0.25) is 4.79 Å². The van der Waals surface area contributed by atoms with E-state index in [9.17, 15) is 13.2 Å². The van der Waals surface area contributed by atoms with Gasteiger partial charge in [0.1, 0.15) is 0 Å². The topological polar surface area (TPSA) is 57.7 Å². The molecule has 1 saturated heterocycles. The Labute approximate surface area is 126 Å². The Kier molecular flexibility index (Phi) is 4.68. The largest absolute Gasteiger partial charge is 0.338 e. The summed E-state index contributed by atoms with van der Waals surface area (Å²) in [4.78, 5) is 14.5. The second-order valence-electron chi connectivity index (χ2n) is 5.81. The Bertz CT molecular complexity index is 626. The van der Waals surface area contributed by atoms with Crippen LogP contribution in [-0.2, 0) is 10.0 Å². The van der Waals surface area contributed by atoms with Crippen LogP contribution in [0.2, 0.25) is 0 Å². The van der Waals surface area contributed by atoms with Gasteiger partial charge in [0.2, 0.25) is 10.0 Å². The normalized spacial score (nSPS) is 19.8. The average molecular weight is 310 g/mol. The van der Waals surface area contributed by atoms with Gasteiger partial charge in [-0.15, -0.1) is 0 Å². The molecule has 2 rings (SSSR count). The van der Waals surface area contributed by atoms with Crippen LogP contribution in [0.5, 0.6) is 0 Å². The fourth-order valence-electron chi connectivity index (χ4n) is 2.56. The second-order valence-corrected chi connectivity index (χ2v) is 7.97. The predicted molar refractivity (Wildman–Crippen MR) is 81.6 cm³/mol. The molecule has 116 valence electrons. The minimum atomic E-state index is -3.51. The highest BCUT2D eigenvalue weighted by Crippen LogP contribution is 2.20. The molecular weight excluding hydrogens is 288 g/mol. The molecule has 1 atom stereocenters. The summed E-state index contributed by atoms with van der Waals surface area (Å²) >= 11 is 0. The summed E-state index contributed by atoms with van der Waals surface area (Å²) in [5.74, 6) is 0.411. The summed E-state index contributed by atoms with van der Waals surface area (Å²) in [6, 6.07) is 6.29. The van der Waals surface area contributed by atoms with Crippen molar-refractivity contribution in [1.29, 1.82) is 0 Å². The molecule has 0 bridgehead atoms. The molecule has 1 fully saturated rings. The molecule has 1 aliphatic rings. The van der Waals surface area contributed by atoms with Gasteiger partial charge in [-0.25, -0.2) is 12.7 Å². The van der Waals surface area contributed by atoms with E-state index in [4.69, 9.17) is 0 Å². The maximum Gasteiger partial charge on any atom is 0.253 e. The third-order valence-corrected chi connectivity index (χ3v) is 5.61. The minimum absolute atomic E-state index is 0.0858. The summed E-state index contributed by atoms with van der Waals surface area (Å²) in [5.41, 5.74) is 0.437. The number of sulfonamides is 1. The van der Waals surface area contributed by atoms with Crippen LogP contribution < -0.4 is 0 Å². The molecule has 5 nitrogen and oxygen atoms in total. The van der Waals surface area contributed by atoms with Gasteiger partial charge in [0.15, 0.2) is 0 Å². The molecule has 0 saturated carbocycles. The van der Waals surface area contributed by atoms with Crippen LogP contribution in [0.25, 0.3) is 0 Å². The fourth-order valence-corrected chi connectivity index (χ4v) is 3.50. The van der Waals surface area contributed by atoms with Crippen LogP contribution in [-0.4, -0.2) is 50.7 Å². The molecule has 1 heterocycles. The van der Waals surface area contributed by atoms with Crippen molar-refractivity contribution in [2.75, 3.05) is 27.2 Å². The zero-order valence-corrected chi connectivity index (χ0v) is 13.6. The summed E-state index contributed by atoms with van der Waals surface area (Å²) in [7, 11) is -0.547. The van der Waals surface area contributed by atoms with Gasteiger partial charge >= 0.3 is 0 Å². The monoisotopic (exact) mass is 310 g/mol. The number of benzene rings is 1. The molecule has 0 radical (unpaired) electrons. The molecule has 0 spiro atoms. The highest BCUT2D eigenvalue weighted by molar-refractivity contribution is 7.89. The van der Waals surface area contributed by atoms with E-state index in [1.807, 2.05) is 4.90 Å². The molecule has 21 heavy (non-hydrogen) atoms. The van der Waals surface area contributed by atoms with E-state index in [1.54, 1.807) is 12.1 Å². The van der Waals surface area contributed by atoms with E-state index < -0.39 is 10.0 Å². The second kappa shape index (κ2) is 6.15. The first-order valence-electron chi connectivity index (χ1n) is 7.14. The van der Waals surface area contributed by atoms with Gasteiger partial charge in [0, 0.05) is 32.7 Å². The molecule has 0 aliphatic carbocycles. The van der Waals surface area contributed by atoms with E-state index in [1.165, 1.54) is 26.2 Å². The van der Waals surface area contributed by atoms with E-state index in [-0.39, 0.29) is 10.8 Å². The molecule has 1 aromatic carbocycles. The van der Waals surface area contributed by atoms with E-state index >= 15 is 0 Å². The van der Waals surface area contributed by atoms with Gasteiger partial charge in [0.25, 0.3) is 5.91 Å². The number of piperidine rings is 1. The van der Waals surface area contributed by atoms with Crippen molar-refractivity contribution in [3.8, 4) is 0 Å². The summed E-state index contributed by atoms with van der Waals surface area (Å²) in [6.45, 7) is 3.61. The summed E-state index contributed by atoms with van der Waals surface area (Å²) < 4.78 is 25.4. The van der Waals surface area contributed by atoms with Gasteiger partial charge < -0.3 is 4.90 Å². The first kappa shape index (κ1) is 16.0. The van der Waals surface area contributed by atoms with Gasteiger partial charge in [-0.2, -0.15) is 0 Å². The average Bonchev–Trinajstić information content (AvgIpc) is 2.46. The minimum Gasteiger partial charge on any atom is -0.338 e. The Morgan fingerprint density at radius 1 is 1.33 bits per heavy atom. The van der Waals surface area contributed by atoms with Crippen molar-refractivity contribution in [2.45, 2.75) is 24.7 Å². The maximum absolute atomic E-state index is 12.5. The number of likely N-dealkylation sites (tertiary alicyclic amines) is 1. The Morgan fingerprint density at radius 2 is 2.05 bits per heavy atom. The third-order valence-electron chi connectivity index (χ3n) is 3.80. The van der Waals surface area contributed by atoms with Crippen molar-refractivity contribution in [3.05, 3.63) is 29.8 Å². The summed E-state index contributed by atoms with van der Waals surface area (Å²) in [6.07, 6.45) is 2.14. The number of nitrogens with zero attached hydrogens (tertiary/aromatic N) is 2. The zero-order valence-electron chi connectivity index (χ0n) is 12.7. The smallest absolute Gasteiger partial charge is 0.253 e. The van der Waals surface area contributed by atoms with E-state index in [0.29, 0.717) is 11.5 Å². The standard InChI is InChI=1S/C15H22N2O3S/c1-12-6-5-9-17(11-12)15(18)13-7-4-8-14(10-13)21(19,20)16(2)3/h4,7-8,10,12H,5-6,9,11H2,1-3H3/t12-/m0/s1. The first-order valence-corrected chi connectivity index (χ1v) is 8.58. The highest BCUT2D eigenvalue weighted by atomic mass is 32.2. The highest BCUT2D eigenvalue weighted by Gasteiger charge is 2.24. The van der Waals surface area contributed by atoms with Crippen molar-refractivity contribution in [3.63, 3.8) is 0 Å². The van der Waals surface area contributed by atoms with Gasteiger partial charge in [0.05, 0.1) is 4.90 Å². The van der Waals surface area contributed by atoms with Gasteiger partial charge in [-0.1, -0.05) is 13.0 Å². The van der Waals surface area contributed by atoms with Crippen LogP contribution in [0.15, 0.2) is 29.2 Å². The van der Waals surface area contributed by atoms with E-state index in [2.05, 4.69) is 6.92 Å². The molecular formula is C15H22N2O3S. The number of hydrogen-bond donors (Lipinski definition) is 0. The molecule has 1 aromatic rings. The lowest BCUT2D eigenvalue weighted by Gasteiger charge is -2.31. The first-order chi connectivity index (χ1) is 9.82. The molecule has 0 aromatic heterocycles. The third kappa shape index (κ3) is 3.44. The Balaban J connectivity index is 2.27. The van der Waals surface area contributed by atoms with Crippen LogP contribution in [0.3, 0.4) is 0 Å². The van der Waals surface area contributed by atoms with Gasteiger partial charge in [-0.05, 0) is 37.0 Å². The lowest BCUT2D eigenvalue weighted by Crippen LogP contribution is -2.39. The SMILES string of the molecule is C[C@H]1CCCN(C(=O)c2cccc(S(=O)(=O)N(C)C)c2)C1. The van der Waals surface area contributed by atoms with Crippen molar-refractivity contribution >= 4 is 15.9 Å². The Hall–Kier alpha value is -1.40. The molecule has 1 amide bonds. The van der Waals surface area contributed by atoms with E-state index in [0.717, 1.165) is 30.2 Å². The lowest BCUT2D eigenvalue weighted by atomic mass is 9.99. The molecule has 1 aliphatic heterocycles. The summed E-state index contributed by atoms with van der Waals surface area (Å²) in [5, 5.41) is 0. The van der Waals surface area contributed by atoms with Crippen LogP contribution in [0.1, 0.15) is 30.1 Å². The van der Waals surface area contributed by atoms with Crippen molar-refractivity contribution < 1.29 is 13.2 Å². The Morgan fingerprint density at radius 3 is 2.67 bits per heavy atom. The number of amides is 1. The quantitative estimate of drug-likeness (QED) is 0.855. The number of carbonyl (C=O) groups is 1. The predicted octanol–water partition coefficient (Wildman–Crippen LogP) is 1.81. The zero-order chi connectivity index (χ0) is 15.6. The number of rotatable bonds is 3. The van der Waals surface area contributed by atoms with Crippen LogP contribution >= 0.6 is 0 Å². The lowest BCUT2D eigenvalue weighted by molar-refractivity contribution is 0.0683. The number of carbonyl (C=O) groups excluding carboxylic acids is 1. The molecule has 0 N–H and O–H groups in total. The molecule has 0 unspecified atom stereocenters. The fraction of sp³-hybridized carbons (Fsp3) is 0.533. The van der Waals surface area contributed by atoms with Crippen LogP contribution in [0, 0.1) is 5.92 Å².